The fourth-order valence-corrected chi connectivity index (χ4v) is 1.85. The Hall–Kier alpha value is -1.03. The Morgan fingerprint density at radius 2 is 2.13 bits per heavy atom. The molecule has 0 radical (unpaired) electrons. The van der Waals surface area contributed by atoms with E-state index in [1.807, 2.05) is 0 Å². The summed E-state index contributed by atoms with van der Waals surface area (Å²) in [4.78, 5) is 13.9. The molecule has 0 bridgehead atoms. The molecular weight excluding hydrogens is 194 g/mol. The summed E-state index contributed by atoms with van der Waals surface area (Å²) in [6.07, 6.45) is 1.21. The Kier molecular flexibility index (Phi) is 2.46. The summed E-state index contributed by atoms with van der Waals surface area (Å²) in [6.45, 7) is 10.0. The van der Waals surface area contributed by atoms with E-state index in [9.17, 15) is 4.79 Å². The van der Waals surface area contributed by atoms with Crippen LogP contribution in [-0.4, -0.2) is 36.3 Å². The van der Waals surface area contributed by atoms with Crippen molar-refractivity contribution >= 4 is 5.97 Å². The standard InChI is InChI=1S/C11H17NO3/c1-8-9(7-12-5-4-6-12)10(13)15-11(2,3)14-8/h9H,1,4-7H2,2-3H3. The number of esters is 1. The van der Waals surface area contributed by atoms with Crippen LogP contribution in [0.1, 0.15) is 20.3 Å². The van der Waals surface area contributed by atoms with Gasteiger partial charge in [0.25, 0.3) is 0 Å². The monoisotopic (exact) mass is 211 g/mol. The summed E-state index contributed by atoms with van der Waals surface area (Å²) >= 11 is 0. The molecule has 1 atom stereocenters. The van der Waals surface area contributed by atoms with Gasteiger partial charge in [-0.2, -0.15) is 0 Å². The van der Waals surface area contributed by atoms with Crippen molar-refractivity contribution in [2.45, 2.75) is 26.1 Å². The van der Waals surface area contributed by atoms with Gasteiger partial charge >= 0.3 is 5.97 Å². The van der Waals surface area contributed by atoms with Crippen LogP contribution < -0.4 is 0 Å². The summed E-state index contributed by atoms with van der Waals surface area (Å²) in [7, 11) is 0. The van der Waals surface area contributed by atoms with Crippen molar-refractivity contribution in [1.29, 1.82) is 0 Å². The van der Waals surface area contributed by atoms with Crippen LogP contribution in [0.15, 0.2) is 12.3 Å². The van der Waals surface area contributed by atoms with Gasteiger partial charge in [-0.25, -0.2) is 0 Å². The molecule has 0 aliphatic carbocycles. The molecule has 2 heterocycles. The van der Waals surface area contributed by atoms with E-state index in [1.165, 1.54) is 6.42 Å². The second kappa shape index (κ2) is 3.52. The zero-order valence-electron chi connectivity index (χ0n) is 9.28. The highest BCUT2D eigenvalue weighted by Crippen LogP contribution is 2.30. The van der Waals surface area contributed by atoms with Crippen molar-refractivity contribution in [2.24, 2.45) is 5.92 Å². The molecule has 2 aliphatic rings. The van der Waals surface area contributed by atoms with Crippen LogP contribution in [0.3, 0.4) is 0 Å². The number of hydrogen-bond acceptors (Lipinski definition) is 4. The Bertz CT molecular complexity index is 274. The van der Waals surface area contributed by atoms with Crippen LogP contribution >= 0.6 is 0 Å². The number of cyclic esters (lactones) is 1. The first-order valence-electron chi connectivity index (χ1n) is 5.31. The third kappa shape index (κ3) is 2.15. The van der Waals surface area contributed by atoms with Crippen LogP contribution in [0.2, 0.25) is 0 Å². The summed E-state index contributed by atoms with van der Waals surface area (Å²) < 4.78 is 10.6. The molecule has 2 aliphatic heterocycles. The third-order valence-corrected chi connectivity index (χ3v) is 2.79. The maximum atomic E-state index is 11.7. The van der Waals surface area contributed by atoms with Crippen LogP contribution in [-0.2, 0) is 14.3 Å². The fraction of sp³-hybridized carbons (Fsp3) is 0.727. The highest BCUT2D eigenvalue weighted by Gasteiger charge is 2.40. The van der Waals surface area contributed by atoms with Crippen molar-refractivity contribution in [1.82, 2.24) is 4.90 Å². The lowest BCUT2D eigenvalue weighted by Crippen LogP contribution is -2.48. The summed E-state index contributed by atoms with van der Waals surface area (Å²) in [5.41, 5.74) is 0. The number of carbonyl (C=O) groups is 1. The molecule has 0 aromatic heterocycles. The van der Waals surface area contributed by atoms with E-state index in [-0.39, 0.29) is 11.9 Å². The van der Waals surface area contributed by atoms with Gasteiger partial charge in [-0.1, -0.05) is 6.58 Å². The number of carbonyl (C=O) groups excluding carboxylic acids is 1. The largest absolute Gasteiger partial charge is 0.457 e. The van der Waals surface area contributed by atoms with E-state index < -0.39 is 5.79 Å². The summed E-state index contributed by atoms with van der Waals surface area (Å²) in [5.74, 6) is -0.871. The van der Waals surface area contributed by atoms with Gasteiger partial charge in [0.05, 0.1) is 0 Å². The van der Waals surface area contributed by atoms with Gasteiger partial charge in [-0.05, 0) is 19.5 Å². The average Bonchev–Trinajstić information content (AvgIpc) is 1.96. The zero-order valence-corrected chi connectivity index (χ0v) is 9.28. The lowest BCUT2D eigenvalue weighted by atomic mass is 10.0. The molecule has 0 N–H and O–H groups in total. The lowest BCUT2D eigenvalue weighted by molar-refractivity contribution is -0.228. The molecule has 0 saturated carbocycles. The molecule has 1 unspecified atom stereocenters. The van der Waals surface area contributed by atoms with E-state index in [1.54, 1.807) is 13.8 Å². The quantitative estimate of drug-likeness (QED) is 0.642. The number of likely N-dealkylation sites (tertiary alicyclic amines) is 1. The molecular formula is C11H17NO3. The molecule has 2 rings (SSSR count). The van der Waals surface area contributed by atoms with Crippen molar-refractivity contribution in [3.63, 3.8) is 0 Å². The second-order valence-corrected chi connectivity index (χ2v) is 4.60. The van der Waals surface area contributed by atoms with Crippen molar-refractivity contribution in [3.8, 4) is 0 Å². The smallest absolute Gasteiger partial charge is 0.321 e. The Morgan fingerprint density at radius 1 is 1.47 bits per heavy atom. The minimum absolute atomic E-state index is 0.219. The van der Waals surface area contributed by atoms with Crippen LogP contribution in [0.25, 0.3) is 0 Å². The molecule has 0 aromatic carbocycles. The van der Waals surface area contributed by atoms with Gasteiger partial charge in [0, 0.05) is 20.4 Å². The van der Waals surface area contributed by atoms with E-state index >= 15 is 0 Å². The summed E-state index contributed by atoms with van der Waals surface area (Å²) in [5, 5.41) is 0. The number of nitrogens with zero attached hydrogens (tertiary/aromatic N) is 1. The Balaban J connectivity index is 1.99. The number of ether oxygens (including phenoxy) is 2. The van der Waals surface area contributed by atoms with Gasteiger partial charge in [-0.3, -0.25) is 4.79 Å². The maximum absolute atomic E-state index is 11.7. The molecule has 0 spiro atoms. The molecule has 0 aromatic rings. The molecule has 15 heavy (non-hydrogen) atoms. The fourth-order valence-electron chi connectivity index (χ4n) is 1.85. The minimum atomic E-state index is -0.861. The predicted octanol–water partition coefficient (Wildman–Crippen LogP) is 1.13. The molecule has 4 heteroatoms. The molecule has 84 valence electrons. The normalized spacial score (nSPS) is 30.4. The molecule has 4 nitrogen and oxygen atoms in total. The van der Waals surface area contributed by atoms with Crippen LogP contribution in [0.5, 0.6) is 0 Å². The lowest BCUT2D eigenvalue weighted by Gasteiger charge is -2.39. The van der Waals surface area contributed by atoms with E-state index in [2.05, 4.69) is 11.5 Å². The van der Waals surface area contributed by atoms with E-state index in [0.717, 1.165) is 13.1 Å². The minimum Gasteiger partial charge on any atom is -0.457 e. The van der Waals surface area contributed by atoms with Gasteiger partial charge in [0.15, 0.2) is 0 Å². The van der Waals surface area contributed by atoms with Crippen molar-refractivity contribution in [3.05, 3.63) is 12.3 Å². The third-order valence-electron chi connectivity index (χ3n) is 2.79. The predicted molar refractivity (Wildman–Crippen MR) is 54.9 cm³/mol. The highest BCUT2D eigenvalue weighted by atomic mass is 16.7. The van der Waals surface area contributed by atoms with Crippen molar-refractivity contribution < 1.29 is 14.3 Å². The first-order chi connectivity index (χ1) is 6.98. The zero-order chi connectivity index (χ0) is 11.1. The first-order valence-corrected chi connectivity index (χ1v) is 5.31. The molecule has 2 saturated heterocycles. The van der Waals surface area contributed by atoms with Gasteiger partial charge in [0.1, 0.15) is 11.7 Å². The number of rotatable bonds is 2. The van der Waals surface area contributed by atoms with E-state index in [0.29, 0.717) is 12.3 Å². The second-order valence-electron chi connectivity index (χ2n) is 4.60. The van der Waals surface area contributed by atoms with Crippen molar-refractivity contribution in [2.75, 3.05) is 19.6 Å². The topological polar surface area (TPSA) is 38.8 Å². The Labute approximate surface area is 89.8 Å². The molecule has 2 fully saturated rings. The van der Waals surface area contributed by atoms with Crippen LogP contribution in [0.4, 0.5) is 0 Å². The van der Waals surface area contributed by atoms with E-state index in [4.69, 9.17) is 9.47 Å². The number of hydrogen-bond donors (Lipinski definition) is 0. The SMILES string of the molecule is C=C1OC(C)(C)OC(=O)C1CN1CCC1. The Morgan fingerprint density at radius 3 is 2.60 bits per heavy atom. The summed E-state index contributed by atoms with van der Waals surface area (Å²) in [6, 6.07) is 0. The van der Waals surface area contributed by atoms with Gasteiger partial charge in [0.2, 0.25) is 5.79 Å². The average molecular weight is 211 g/mol. The molecule has 0 amide bonds. The first kappa shape index (κ1) is 10.5. The van der Waals surface area contributed by atoms with Gasteiger partial charge in [-0.15, -0.1) is 0 Å². The maximum Gasteiger partial charge on any atom is 0.321 e. The van der Waals surface area contributed by atoms with Crippen LogP contribution in [0, 0.1) is 5.92 Å². The van der Waals surface area contributed by atoms with Gasteiger partial charge < -0.3 is 14.4 Å². The highest BCUT2D eigenvalue weighted by molar-refractivity contribution is 5.76.